The molecule has 5 heteroatoms. The maximum Gasteiger partial charge on any atom is 4.00 e. The minimum atomic E-state index is -1.35. The molecule has 0 aromatic carbocycles. The normalized spacial score (nSPS) is 7.80. The predicted molar refractivity (Wildman–Crippen MR) is 56.1 cm³/mol. The fourth-order valence-corrected chi connectivity index (χ4v) is 3.51. The SMILES string of the molecule is C=CC[Si]([CH2-])(CC=C)CC=C.[Cl-].[Cl-].[Cl-].[Ti+4]. The van der Waals surface area contributed by atoms with Crippen molar-refractivity contribution in [1.29, 1.82) is 0 Å². The first-order chi connectivity index (χ1) is 5.18. The summed E-state index contributed by atoms with van der Waals surface area (Å²) in [5, 5.41) is 0. The second kappa shape index (κ2) is 17.4. The first-order valence-corrected chi connectivity index (χ1v) is 6.69. The number of rotatable bonds is 6. The number of hydrogen-bond acceptors (Lipinski definition) is 0. The fourth-order valence-electron chi connectivity index (χ4n) is 1.17. The van der Waals surface area contributed by atoms with E-state index in [0.717, 1.165) is 18.1 Å². The van der Waals surface area contributed by atoms with Crippen molar-refractivity contribution in [2.45, 2.75) is 18.1 Å². The molecular weight excluding hydrogens is 302 g/mol. The topological polar surface area (TPSA) is 0 Å². The third-order valence-corrected chi connectivity index (χ3v) is 5.20. The van der Waals surface area contributed by atoms with Gasteiger partial charge in [-0.25, -0.2) is 0 Å². The van der Waals surface area contributed by atoms with Crippen molar-refractivity contribution < 1.29 is 58.9 Å². The maximum atomic E-state index is 4.26. The Morgan fingerprint density at radius 1 is 0.800 bits per heavy atom. The van der Waals surface area contributed by atoms with Crippen LogP contribution in [0.3, 0.4) is 0 Å². The summed E-state index contributed by atoms with van der Waals surface area (Å²) < 4.78 is 0. The zero-order chi connectivity index (χ0) is 8.74. The van der Waals surface area contributed by atoms with E-state index in [9.17, 15) is 0 Å². The molecule has 0 spiro atoms. The number of halogens is 3. The molecule has 0 aliphatic carbocycles. The minimum absolute atomic E-state index is 0. The molecule has 15 heavy (non-hydrogen) atoms. The Labute approximate surface area is 129 Å². The van der Waals surface area contributed by atoms with Crippen LogP contribution >= 0.6 is 0 Å². The molecule has 0 heterocycles. The van der Waals surface area contributed by atoms with E-state index in [1.165, 1.54) is 0 Å². The second-order valence-corrected chi connectivity index (χ2v) is 7.20. The Hall–Kier alpha value is 1.02. The summed E-state index contributed by atoms with van der Waals surface area (Å²) >= 11 is 0. The smallest absolute Gasteiger partial charge is 1.00 e. The van der Waals surface area contributed by atoms with Gasteiger partial charge >= 0.3 is 21.7 Å². The van der Waals surface area contributed by atoms with E-state index >= 15 is 0 Å². The van der Waals surface area contributed by atoms with Gasteiger partial charge in [-0.3, -0.25) is 0 Å². The van der Waals surface area contributed by atoms with Crippen molar-refractivity contribution in [1.82, 2.24) is 0 Å². The molecule has 0 atom stereocenters. The van der Waals surface area contributed by atoms with Gasteiger partial charge in [0.05, 0.1) is 0 Å². The monoisotopic (exact) mass is 318 g/mol. The van der Waals surface area contributed by atoms with E-state index in [0.29, 0.717) is 0 Å². The van der Waals surface area contributed by atoms with Gasteiger partial charge in [-0.1, -0.05) is 44.4 Å². The van der Waals surface area contributed by atoms with Gasteiger partial charge in [-0.15, -0.1) is 19.7 Å². The molecule has 0 saturated heterocycles. The van der Waals surface area contributed by atoms with E-state index in [1.54, 1.807) is 0 Å². The largest absolute Gasteiger partial charge is 4.00 e. The molecule has 0 aromatic rings. The molecule has 0 bridgehead atoms. The third-order valence-electron chi connectivity index (χ3n) is 1.73. The van der Waals surface area contributed by atoms with Crippen LogP contribution in [0.15, 0.2) is 38.0 Å². The summed E-state index contributed by atoms with van der Waals surface area (Å²) in [5.74, 6) is 0. The van der Waals surface area contributed by atoms with Crippen LogP contribution in [0.4, 0.5) is 0 Å². The third kappa shape index (κ3) is 15.0. The second-order valence-electron chi connectivity index (χ2n) is 2.98. The van der Waals surface area contributed by atoms with E-state index in [4.69, 9.17) is 0 Å². The average molecular weight is 320 g/mol. The van der Waals surface area contributed by atoms with Gasteiger partial charge in [0.15, 0.2) is 0 Å². The Morgan fingerprint density at radius 3 is 1.13 bits per heavy atom. The van der Waals surface area contributed by atoms with Gasteiger partial charge in [0.1, 0.15) is 0 Å². The van der Waals surface area contributed by atoms with E-state index in [1.807, 2.05) is 18.2 Å². The van der Waals surface area contributed by atoms with Crippen LogP contribution in [0.2, 0.25) is 18.1 Å². The van der Waals surface area contributed by atoms with Gasteiger partial charge in [0, 0.05) is 0 Å². The van der Waals surface area contributed by atoms with Crippen molar-refractivity contribution in [3.05, 3.63) is 44.5 Å². The molecule has 86 valence electrons. The van der Waals surface area contributed by atoms with Crippen molar-refractivity contribution >= 4 is 8.07 Å². The Bertz CT molecular complexity index is 136. The molecule has 0 amide bonds. The molecular formula is C10H17Cl3SiTi. The summed E-state index contributed by atoms with van der Waals surface area (Å²) in [6.07, 6.45) is 5.89. The molecule has 0 aliphatic rings. The van der Waals surface area contributed by atoms with Gasteiger partial charge in [0.2, 0.25) is 0 Å². The molecule has 0 rings (SSSR count). The van der Waals surface area contributed by atoms with Crippen molar-refractivity contribution in [3.63, 3.8) is 0 Å². The van der Waals surface area contributed by atoms with Crippen molar-refractivity contribution in [2.24, 2.45) is 0 Å². The first kappa shape index (κ1) is 29.8. The molecule has 0 saturated carbocycles. The van der Waals surface area contributed by atoms with Gasteiger partial charge in [-0.05, 0) is 0 Å². The summed E-state index contributed by atoms with van der Waals surface area (Å²) in [4.78, 5) is 0. The van der Waals surface area contributed by atoms with Crippen LogP contribution < -0.4 is 37.2 Å². The molecule has 0 radical (unpaired) electrons. The molecule has 0 fully saturated rings. The zero-order valence-corrected chi connectivity index (χ0v) is 13.6. The fraction of sp³-hybridized carbons (Fsp3) is 0.300. The number of allylic oxidation sites excluding steroid dienone is 3. The Kier molecular flexibility index (Phi) is 34.6. The quantitative estimate of drug-likeness (QED) is 0.260. The van der Waals surface area contributed by atoms with Crippen molar-refractivity contribution in [2.75, 3.05) is 0 Å². The zero-order valence-electron chi connectivity index (χ0n) is 8.82. The summed E-state index contributed by atoms with van der Waals surface area (Å²) in [7, 11) is -1.35. The summed E-state index contributed by atoms with van der Waals surface area (Å²) in [6.45, 7) is 15.5. The van der Waals surface area contributed by atoms with Crippen LogP contribution in [0.1, 0.15) is 0 Å². The average Bonchev–Trinajstić information content (AvgIpc) is 1.88. The van der Waals surface area contributed by atoms with Gasteiger partial charge in [-0.2, -0.15) is 0 Å². The van der Waals surface area contributed by atoms with Crippen LogP contribution in [-0.4, -0.2) is 8.07 Å². The van der Waals surface area contributed by atoms with Crippen LogP contribution in [0, 0.1) is 6.55 Å². The molecule has 0 aromatic heterocycles. The van der Waals surface area contributed by atoms with E-state index in [2.05, 4.69) is 26.3 Å². The van der Waals surface area contributed by atoms with Crippen LogP contribution in [0.25, 0.3) is 0 Å². The molecule has 0 unspecified atom stereocenters. The van der Waals surface area contributed by atoms with Crippen LogP contribution in [0.5, 0.6) is 0 Å². The molecule has 0 aliphatic heterocycles. The number of hydrogen-bond donors (Lipinski definition) is 0. The maximum absolute atomic E-state index is 4.26. The minimum Gasteiger partial charge on any atom is -1.00 e. The van der Waals surface area contributed by atoms with Crippen LogP contribution in [-0.2, 0) is 21.7 Å². The first-order valence-electron chi connectivity index (χ1n) is 3.86. The summed E-state index contributed by atoms with van der Waals surface area (Å²) in [6, 6.07) is 3.18. The standard InChI is InChI=1S/C10H17Si.3ClH.Ti/c1-5-8-11(4,9-6-2)10-7-3;;;;/h5-7H,1-4,8-10H2;3*1H;/q-1;;;;+4/p-3. The summed E-state index contributed by atoms with van der Waals surface area (Å²) in [5.41, 5.74) is 0. The Morgan fingerprint density at radius 2 is 1.00 bits per heavy atom. The molecule has 0 nitrogen and oxygen atoms in total. The van der Waals surface area contributed by atoms with Gasteiger partial charge in [0.25, 0.3) is 0 Å². The predicted octanol–water partition coefficient (Wildman–Crippen LogP) is -5.62. The Balaban J connectivity index is -0.0000000833. The van der Waals surface area contributed by atoms with E-state index < -0.39 is 8.07 Å². The van der Waals surface area contributed by atoms with Crippen molar-refractivity contribution in [3.8, 4) is 0 Å². The molecule has 0 N–H and O–H groups in total. The van der Waals surface area contributed by atoms with Gasteiger partial charge < -0.3 is 43.8 Å². The van der Waals surface area contributed by atoms with E-state index in [-0.39, 0.29) is 58.9 Å².